The number of thiophene rings is 1. The Bertz CT molecular complexity index is 740. The van der Waals surface area contributed by atoms with E-state index in [1.54, 1.807) is 35.6 Å². The molecule has 27 heavy (non-hydrogen) atoms. The number of hydrogen-bond acceptors (Lipinski definition) is 5. The lowest BCUT2D eigenvalue weighted by Crippen LogP contribution is -2.37. The molecule has 0 unspecified atom stereocenters. The van der Waals surface area contributed by atoms with Gasteiger partial charge in [0, 0.05) is 42.9 Å². The number of rotatable bonds is 8. The lowest BCUT2D eigenvalue weighted by molar-refractivity contribution is -0.118. The van der Waals surface area contributed by atoms with Crippen LogP contribution in [-0.2, 0) is 20.9 Å². The van der Waals surface area contributed by atoms with Crippen LogP contribution in [0.4, 0.5) is 11.4 Å². The third kappa shape index (κ3) is 6.46. The summed E-state index contributed by atoms with van der Waals surface area (Å²) in [5.74, 6) is -0.179. The maximum absolute atomic E-state index is 12.5. The Hall–Kier alpha value is -2.22. The highest BCUT2D eigenvalue weighted by molar-refractivity contribution is 7.09. The average Bonchev–Trinajstić information content (AvgIpc) is 3.30. The van der Waals surface area contributed by atoms with E-state index in [4.69, 9.17) is 4.74 Å². The lowest BCUT2D eigenvalue weighted by atomic mass is 10.2. The number of benzene rings is 1. The van der Waals surface area contributed by atoms with Crippen LogP contribution in [-0.4, -0.2) is 42.5 Å². The van der Waals surface area contributed by atoms with Crippen molar-refractivity contribution in [3.8, 4) is 0 Å². The first-order valence-electron chi connectivity index (χ1n) is 9.12. The third-order valence-corrected chi connectivity index (χ3v) is 5.16. The fraction of sp³-hybridized carbons (Fsp3) is 0.400. The number of nitrogens with one attached hydrogen (secondary N) is 2. The number of nitrogens with zero attached hydrogens (tertiary/aromatic N) is 1. The molecule has 1 aromatic heterocycles. The summed E-state index contributed by atoms with van der Waals surface area (Å²) in [4.78, 5) is 27.0. The number of amides is 2. The first-order valence-corrected chi connectivity index (χ1v) is 10.0. The zero-order valence-corrected chi connectivity index (χ0v) is 16.3. The Balaban J connectivity index is 1.56. The monoisotopic (exact) mass is 387 g/mol. The normalized spacial score (nSPS) is 16.4. The van der Waals surface area contributed by atoms with E-state index < -0.39 is 0 Å². The van der Waals surface area contributed by atoms with E-state index in [1.165, 1.54) is 11.8 Å². The summed E-state index contributed by atoms with van der Waals surface area (Å²) in [6, 6.07) is 11.2. The zero-order valence-electron chi connectivity index (χ0n) is 15.4. The molecule has 6 nitrogen and oxygen atoms in total. The fourth-order valence-electron chi connectivity index (χ4n) is 3.13. The van der Waals surface area contributed by atoms with E-state index in [-0.39, 0.29) is 17.9 Å². The Kier molecular flexibility index (Phi) is 6.98. The van der Waals surface area contributed by atoms with Gasteiger partial charge in [0.1, 0.15) is 0 Å². The van der Waals surface area contributed by atoms with Crippen LogP contribution in [0.15, 0.2) is 41.8 Å². The zero-order chi connectivity index (χ0) is 19.1. The van der Waals surface area contributed by atoms with Crippen molar-refractivity contribution in [1.82, 2.24) is 4.90 Å². The number of anilines is 2. The number of carbonyl (C=O) groups excluding carboxylic acids is 2. The second kappa shape index (κ2) is 9.64. The number of hydrogen-bond donors (Lipinski definition) is 2. The number of carbonyl (C=O) groups is 2. The molecule has 1 aromatic carbocycles. The minimum atomic E-state index is -0.120. The van der Waals surface area contributed by atoms with E-state index in [0.717, 1.165) is 32.5 Å². The molecule has 1 fully saturated rings. The van der Waals surface area contributed by atoms with E-state index in [9.17, 15) is 9.59 Å². The molecule has 144 valence electrons. The standard InChI is InChI=1S/C20H25N3O3S/c1-15(24)21-16-6-8-17(9-7-16)22-20(25)14-23(12-18-4-2-10-26-18)13-19-5-3-11-27-19/h3,5-9,11,18H,2,4,10,12-14H2,1H3,(H,21,24)(H,22,25)/t18-/m1/s1. The predicted octanol–water partition coefficient (Wildman–Crippen LogP) is 3.33. The minimum absolute atomic E-state index is 0.0585. The molecule has 1 aliphatic heterocycles. The SMILES string of the molecule is CC(=O)Nc1ccc(NC(=O)CN(Cc2cccs2)C[C@H]2CCCO2)cc1. The van der Waals surface area contributed by atoms with Crippen LogP contribution >= 0.6 is 11.3 Å². The van der Waals surface area contributed by atoms with Crippen LogP contribution in [0.3, 0.4) is 0 Å². The third-order valence-electron chi connectivity index (χ3n) is 4.30. The summed E-state index contributed by atoms with van der Waals surface area (Å²) >= 11 is 1.70. The summed E-state index contributed by atoms with van der Waals surface area (Å²) in [7, 11) is 0. The van der Waals surface area contributed by atoms with Crippen LogP contribution in [0.2, 0.25) is 0 Å². The largest absolute Gasteiger partial charge is 0.377 e. The van der Waals surface area contributed by atoms with Crippen molar-refractivity contribution in [3.05, 3.63) is 46.7 Å². The molecule has 1 aliphatic rings. The van der Waals surface area contributed by atoms with Crippen LogP contribution in [0.1, 0.15) is 24.6 Å². The van der Waals surface area contributed by atoms with Gasteiger partial charge in [0.25, 0.3) is 0 Å². The predicted molar refractivity (Wildman–Crippen MR) is 108 cm³/mol. The topological polar surface area (TPSA) is 70.7 Å². The molecule has 0 bridgehead atoms. The quantitative estimate of drug-likeness (QED) is 0.729. The Morgan fingerprint density at radius 1 is 1.19 bits per heavy atom. The van der Waals surface area contributed by atoms with E-state index >= 15 is 0 Å². The molecular formula is C20H25N3O3S. The van der Waals surface area contributed by atoms with Crippen molar-refractivity contribution in [2.24, 2.45) is 0 Å². The molecule has 2 aromatic rings. The molecule has 7 heteroatoms. The first-order chi connectivity index (χ1) is 13.1. The number of ether oxygens (including phenoxy) is 1. The van der Waals surface area contributed by atoms with Crippen molar-refractivity contribution < 1.29 is 14.3 Å². The van der Waals surface area contributed by atoms with Gasteiger partial charge >= 0.3 is 0 Å². The molecule has 2 amide bonds. The maximum atomic E-state index is 12.5. The average molecular weight is 388 g/mol. The summed E-state index contributed by atoms with van der Waals surface area (Å²) in [5.41, 5.74) is 1.42. The van der Waals surface area contributed by atoms with Crippen LogP contribution < -0.4 is 10.6 Å². The highest BCUT2D eigenvalue weighted by Gasteiger charge is 2.21. The maximum Gasteiger partial charge on any atom is 0.238 e. The summed E-state index contributed by atoms with van der Waals surface area (Å²) in [6.07, 6.45) is 2.34. The smallest absolute Gasteiger partial charge is 0.238 e. The molecular weight excluding hydrogens is 362 g/mol. The first kappa shape index (κ1) is 19.5. The van der Waals surface area contributed by atoms with Crippen molar-refractivity contribution >= 4 is 34.5 Å². The molecule has 0 spiro atoms. The Labute approximate surface area is 163 Å². The molecule has 2 heterocycles. The summed E-state index contributed by atoms with van der Waals surface area (Å²) in [5, 5.41) is 7.69. The van der Waals surface area contributed by atoms with Gasteiger partial charge in [-0.3, -0.25) is 14.5 Å². The second-order valence-corrected chi connectivity index (χ2v) is 7.72. The molecule has 1 saturated heterocycles. The van der Waals surface area contributed by atoms with Gasteiger partial charge in [-0.15, -0.1) is 11.3 Å². The molecule has 0 aliphatic carbocycles. The van der Waals surface area contributed by atoms with Gasteiger partial charge in [0.05, 0.1) is 12.6 Å². The highest BCUT2D eigenvalue weighted by atomic mass is 32.1. The van der Waals surface area contributed by atoms with Gasteiger partial charge in [-0.25, -0.2) is 0 Å². The van der Waals surface area contributed by atoms with Gasteiger partial charge in [0.2, 0.25) is 11.8 Å². The van der Waals surface area contributed by atoms with Crippen LogP contribution in [0.25, 0.3) is 0 Å². The minimum Gasteiger partial charge on any atom is -0.377 e. The lowest BCUT2D eigenvalue weighted by Gasteiger charge is -2.24. The van der Waals surface area contributed by atoms with E-state index in [2.05, 4.69) is 27.0 Å². The Morgan fingerprint density at radius 2 is 1.93 bits per heavy atom. The molecule has 0 radical (unpaired) electrons. The fourth-order valence-corrected chi connectivity index (χ4v) is 3.87. The van der Waals surface area contributed by atoms with Gasteiger partial charge in [-0.1, -0.05) is 6.07 Å². The van der Waals surface area contributed by atoms with Crippen molar-refractivity contribution in [3.63, 3.8) is 0 Å². The van der Waals surface area contributed by atoms with Gasteiger partial charge in [-0.2, -0.15) is 0 Å². The van der Waals surface area contributed by atoms with Gasteiger partial charge < -0.3 is 15.4 Å². The highest BCUT2D eigenvalue weighted by Crippen LogP contribution is 2.18. The van der Waals surface area contributed by atoms with Gasteiger partial charge in [-0.05, 0) is 48.6 Å². The van der Waals surface area contributed by atoms with Crippen molar-refractivity contribution in [2.75, 3.05) is 30.3 Å². The molecule has 2 N–H and O–H groups in total. The summed E-state index contributed by atoms with van der Waals surface area (Å²) in [6.45, 7) is 4.08. The van der Waals surface area contributed by atoms with Crippen LogP contribution in [0, 0.1) is 0 Å². The van der Waals surface area contributed by atoms with E-state index in [0.29, 0.717) is 17.9 Å². The second-order valence-electron chi connectivity index (χ2n) is 6.69. The van der Waals surface area contributed by atoms with Crippen LogP contribution in [0.5, 0.6) is 0 Å². The van der Waals surface area contributed by atoms with Crippen molar-refractivity contribution in [2.45, 2.75) is 32.4 Å². The van der Waals surface area contributed by atoms with Gasteiger partial charge in [0.15, 0.2) is 0 Å². The summed E-state index contributed by atoms with van der Waals surface area (Å²) < 4.78 is 5.74. The molecule has 1 atom stereocenters. The van der Waals surface area contributed by atoms with Crippen molar-refractivity contribution in [1.29, 1.82) is 0 Å². The molecule has 3 rings (SSSR count). The van der Waals surface area contributed by atoms with E-state index in [1.807, 2.05) is 6.07 Å². The molecule has 0 saturated carbocycles. The Morgan fingerprint density at radius 3 is 2.52 bits per heavy atom.